The molecule has 5 nitrogen and oxygen atoms in total. The van der Waals surface area contributed by atoms with E-state index in [-0.39, 0.29) is 25.2 Å². The summed E-state index contributed by atoms with van der Waals surface area (Å²) < 4.78 is 28.2. The molecule has 0 bridgehead atoms. The van der Waals surface area contributed by atoms with Crippen molar-refractivity contribution in [3.63, 3.8) is 0 Å². The van der Waals surface area contributed by atoms with Crippen LogP contribution in [-0.4, -0.2) is 32.0 Å². The standard InChI is InChI=1S/C11H19NO4S/c1-3-4-8-16-11(13)10(2)17(14,15)9-6-5-7-12/h10H,3-6,8-9H2,1-2H3. The molecule has 0 aliphatic carbocycles. The highest BCUT2D eigenvalue weighted by molar-refractivity contribution is 7.92. The minimum absolute atomic E-state index is 0.148. The molecule has 98 valence electrons. The second-order valence-electron chi connectivity index (χ2n) is 3.79. The second-order valence-corrected chi connectivity index (χ2v) is 6.23. The molecule has 0 aromatic carbocycles. The van der Waals surface area contributed by atoms with Crippen molar-refractivity contribution in [3.05, 3.63) is 0 Å². The van der Waals surface area contributed by atoms with Gasteiger partial charge >= 0.3 is 5.97 Å². The predicted octanol–water partition coefficient (Wildman–Crippen LogP) is 1.44. The van der Waals surface area contributed by atoms with Gasteiger partial charge in [-0.1, -0.05) is 13.3 Å². The molecule has 0 saturated heterocycles. The molecular formula is C11H19NO4S. The summed E-state index contributed by atoms with van der Waals surface area (Å²) in [5.41, 5.74) is 0. The first-order valence-electron chi connectivity index (χ1n) is 5.70. The maximum Gasteiger partial charge on any atom is 0.324 e. The van der Waals surface area contributed by atoms with Gasteiger partial charge in [0.1, 0.15) is 0 Å². The molecule has 0 rings (SSSR count). The first kappa shape index (κ1) is 15.9. The van der Waals surface area contributed by atoms with Crippen LogP contribution in [0.4, 0.5) is 0 Å². The zero-order valence-electron chi connectivity index (χ0n) is 10.3. The van der Waals surface area contributed by atoms with Crippen LogP contribution in [0.25, 0.3) is 0 Å². The van der Waals surface area contributed by atoms with Crippen molar-refractivity contribution in [1.29, 1.82) is 5.26 Å². The molecule has 0 N–H and O–H groups in total. The van der Waals surface area contributed by atoms with E-state index >= 15 is 0 Å². The molecule has 0 saturated carbocycles. The topological polar surface area (TPSA) is 84.2 Å². The van der Waals surface area contributed by atoms with E-state index in [1.165, 1.54) is 6.92 Å². The Bertz CT molecular complexity index is 369. The van der Waals surface area contributed by atoms with Gasteiger partial charge in [-0.05, 0) is 19.8 Å². The summed E-state index contributed by atoms with van der Waals surface area (Å²) in [6.07, 6.45) is 2.05. The number of sulfone groups is 1. The van der Waals surface area contributed by atoms with Crippen LogP contribution < -0.4 is 0 Å². The monoisotopic (exact) mass is 261 g/mol. The van der Waals surface area contributed by atoms with Gasteiger partial charge in [0.25, 0.3) is 0 Å². The van der Waals surface area contributed by atoms with Gasteiger partial charge in [0.2, 0.25) is 0 Å². The Labute approximate surface area is 103 Å². The van der Waals surface area contributed by atoms with E-state index in [0.717, 1.165) is 12.8 Å². The average molecular weight is 261 g/mol. The molecule has 1 atom stereocenters. The molecule has 0 aliphatic rings. The van der Waals surface area contributed by atoms with Crippen molar-refractivity contribution < 1.29 is 17.9 Å². The van der Waals surface area contributed by atoms with Crippen LogP contribution in [0.2, 0.25) is 0 Å². The lowest BCUT2D eigenvalue weighted by Gasteiger charge is -2.11. The number of nitriles is 1. The summed E-state index contributed by atoms with van der Waals surface area (Å²) in [5, 5.41) is 7.18. The minimum atomic E-state index is -3.49. The van der Waals surface area contributed by atoms with Crippen molar-refractivity contribution >= 4 is 15.8 Å². The number of hydrogen-bond acceptors (Lipinski definition) is 5. The fourth-order valence-corrected chi connectivity index (χ4v) is 2.37. The number of ether oxygens (including phenoxy) is 1. The maximum absolute atomic E-state index is 11.7. The number of rotatable bonds is 8. The maximum atomic E-state index is 11.7. The van der Waals surface area contributed by atoms with Crippen molar-refractivity contribution in [2.24, 2.45) is 0 Å². The Morgan fingerprint density at radius 1 is 1.41 bits per heavy atom. The second kappa shape index (κ2) is 8.07. The normalized spacial score (nSPS) is 12.8. The zero-order valence-corrected chi connectivity index (χ0v) is 11.1. The Hall–Kier alpha value is -1.09. The van der Waals surface area contributed by atoms with E-state index in [1.807, 2.05) is 13.0 Å². The number of nitrogens with zero attached hydrogens (tertiary/aromatic N) is 1. The van der Waals surface area contributed by atoms with Crippen LogP contribution in [0.3, 0.4) is 0 Å². The highest BCUT2D eigenvalue weighted by Crippen LogP contribution is 2.07. The van der Waals surface area contributed by atoms with Gasteiger partial charge in [0.05, 0.1) is 18.4 Å². The van der Waals surface area contributed by atoms with Gasteiger partial charge in [-0.15, -0.1) is 0 Å². The largest absolute Gasteiger partial charge is 0.465 e. The summed E-state index contributed by atoms with van der Waals surface area (Å²) in [6, 6.07) is 1.87. The summed E-state index contributed by atoms with van der Waals surface area (Å²) in [5.74, 6) is -0.847. The number of esters is 1. The molecule has 0 spiro atoms. The van der Waals surface area contributed by atoms with Gasteiger partial charge in [-0.3, -0.25) is 4.79 Å². The van der Waals surface area contributed by atoms with Crippen LogP contribution in [-0.2, 0) is 19.4 Å². The third kappa shape index (κ3) is 6.27. The van der Waals surface area contributed by atoms with Crippen LogP contribution in [0.1, 0.15) is 39.5 Å². The highest BCUT2D eigenvalue weighted by Gasteiger charge is 2.28. The Morgan fingerprint density at radius 2 is 2.06 bits per heavy atom. The lowest BCUT2D eigenvalue weighted by atomic mass is 10.4. The summed E-state index contributed by atoms with van der Waals surface area (Å²) in [4.78, 5) is 11.4. The van der Waals surface area contributed by atoms with Gasteiger partial charge in [-0.25, -0.2) is 8.42 Å². The Morgan fingerprint density at radius 3 is 2.59 bits per heavy atom. The van der Waals surface area contributed by atoms with Crippen LogP contribution in [0.15, 0.2) is 0 Å². The SMILES string of the molecule is CCCCOC(=O)C(C)S(=O)(=O)CCCC#N. The van der Waals surface area contributed by atoms with E-state index in [9.17, 15) is 13.2 Å². The van der Waals surface area contributed by atoms with E-state index in [2.05, 4.69) is 0 Å². The van der Waals surface area contributed by atoms with Gasteiger partial charge in [0.15, 0.2) is 15.1 Å². The molecular weight excluding hydrogens is 242 g/mol. The van der Waals surface area contributed by atoms with Crippen LogP contribution in [0, 0.1) is 11.3 Å². The zero-order chi connectivity index (χ0) is 13.3. The lowest BCUT2D eigenvalue weighted by Crippen LogP contribution is -2.31. The van der Waals surface area contributed by atoms with Crippen LogP contribution >= 0.6 is 0 Å². The molecule has 0 aliphatic heterocycles. The molecule has 17 heavy (non-hydrogen) atoms. The quantitative estimate of drug-likeness (QED) is 0.487. The van der Waals surface area contributed by atoms with E-state index in [1.54, 1.807) is 0 Å². The van der Waals surface area contributed by atoms with Crippen molar-refractivity contribution in [2.45, 2.75) is 44.8 Å². The summed E-state index contributed by atoms with van der Waals surface area (Å²) in [6.45, 7) is 3.54. The molecule has 1 unspecified atom stereocenters. The first-order valence-corrected chi connectivity index (χ1v) is 7.42. The molecule has 6 heteroatoms. The predicted molar refractivity (Wildman–Crippen MR) is 64.0 cm³/mol. The number of carbonyl (C=O) groups excluding carboxylic acids is 1. The highest BCUT2D eigenvalue weighted by atomic mass is 32.2. The molecule has 0 aromatic heterocycles. The van der Waals surface area contributed by atoms with E-state index in [0.29, 0.717) is 0 Å². The fourth-order valence-electron chi connectivity index (χ4n) is 1.11. The van der Waals surface area contributed by atoms with Crippen molar-refractivity contribution in [3.8, 4) is 6.07 Å². The third-order valence-electron chi connectivity index (χ3n) is 2.33. The number of unbranched alkanes of at least 4 members (excludes halogenated alkanes) is 2. The Balaban J connectivity index is 4.22. The summed E-state index contributed by atoms with van der Waals surface area (Å²) >= 11 is 0. The third-order valence-corrected chi connectivity index (χ3v) is 4.46. The molecule has 0 radical (unpaired) electrons. The van der Waals surface area contributed by atoms with Gasteiger partial charge < -0.3 is 4.74 Å². The smallest absolute Gasteiger partial charge is 0.324 e. The van der Waals surface area contributed by atoms with E-state index in [4.69, 9.17) is 10.00 Å². The Kier molecular flexibility index (Phi) is 7.55. The lowest BCUT2D eigenvalue weighted by molar-refractivity contribution is -0.142. The average Bonchev–Trinajstić information content (AvgIpc) is 2.28. The summed E-state index contributed by atoms with van der Waals surface area (Å²) in [7, 11) is -3.49. The molecule has 0 heterocycles. The van der Waals surface area contributed by atoms with Gasteiger partial charge in [-0.2, -0.15) is 5.26 Å². The number of hydrogen-bond donors (Lipinski definition) is 0. The fraction of sp³-hybridized carbons (Fsp3) is 0.818. The first-order chi connectivity index (χ1) is 7.95. The molecule has 0 aromatic rings. The molecule has 0 fully saturated rings. The number of carbonyl (C=O) groups is 1. The molecule has 0 amide bonds. The van der Waals surface area contributed by atoms with Gasteiger partial charge in [0, 0.05) is 6.42 Å². The van der Waals surface area contributed by atoms with Crippen molar-refractivity contribution in [2.75, 3.05) is 12.4 Å². The van der Waals surface area contributed by atoms with Crippen LogP contribution in [0.5, 0.6) is 0 Å². The minimum Gasteiger partial charge on any atom is -0.465 e. The van der Waals surface area contributed by atoms with Crippen molar-refractivity contribution in [1.82, 2.24) is 0 Å². The van der Waals surface area contributed by atoms with E-state index < -0.39 is 21.1 Å².